The number of hydrogen-bond donors (Lipinski definition) is 1. The third-order valence-corrected chi connectivity index (χ3v) is 4.00. The molecule has 2 fully saturated rings. The molecular formula is C14H26N2O2. The molecular weight excluding hydrogens is 228 g/mol. The summed E-state index contributed by atoms with van der Waals surface area (Å²) in [5, 5.41) is 0. The highest BCUT2D eigenvalue weighted by molar-refractivity contribution is 5.81. The Balaban J connectivity index is 2.03. The summed E-state index contributed by atoms with van der Waals surface area (Å²) >= 11 is 0. The van der Waals surface area contributed by atoms with E-state index in [1.54, 1.807) is 0 Å². The van der Waals surface area contributed by atoms with Crippen LogP contribution in [0.25, 0.3) is 0 Å². The molecule has 0 spiro atoms. The number of esters is 1. The fourth-order valence-electron chi connectivity index (χ4n) is 2.74. The lowest BCUT2D eigenvalue weighted by atomic mass is 9.93. The van der Waals surface area contributed by atoms with E-state index in [-0.39, 0.29) is 5.97 Å². The number of hydrogen-bond acceptors (Lipinski definition) is 4. The molecule has 0 bridgehead atoms. The highest BCUT2D eigenvalue weighted by atomic mass is 16.5. The first kappa shape index (κ1) is 13.8. The van der Waals surface area contributed by atoms with Crippen molar-refractivity contribution in [1.82, 2.24) is 4.90 Å². The van der Waals surface area contributed by atoms with Crippen molar-refractivity contribution < 1.29 is 9.53 Å². The quantitative estimate of drug-likeness (QED) is 0.698. The lowest BCUT2D eigenvalue weighted by Gasteiger charge is -2.34. The zero-order chi connectivity index (χ0) is 13.3. The molecule has 4 nitrogen and oxygen atoms in total. The van der Waals surface area contributed by atoms with Gasteiger partial charge in [-0.15, -0.1) is 0 Å². The fourth-order valence-corrected chi connectivity index (χ4v) is 2.74. The number of methoxy groups -OCH3 is 1. The van der Waals surface area contributed by atoms with Crippen molar-refractivity contribution in [2.24, 2.45) is 17.6 Å². The van der Waals surface area contributed by atoms with Crippen molar-refractivity contribution in [3.05, 3.63) is 0 Å². The topological polar surface area (TPSA) is 55.6 Å². The number of nitrogens with zero attached hydrogens (tertiary/aromatic N) is 1. The first-order valence-corrected chi connectivity index (χ1v) is 7.08. The molecule has 0 radical (unpaired) electrons. The molecule has 2 N–H and O–H groups in total. The molecule has 0 heterocycles. The Morgan fingerprint density at radius 2 is 2.00 bits per heavy atom. The summed E-state index contributed by atoms with van der Waals surface area (Å²) in [4.78, 5) is 14.4. The minimum atomic E-state index is -0.785. The molecule has 0 aromatic rings. The van der Waals surface area contributed by atoms with E-state index in [2.05, 4.69) is 18.7 Å². The minimum Gasteiger partial charge on any atom is -0.468 e. The second kappa shape index (κ2) is 5.17. The second-order valence-electron chi connectivity index (χ2n) is 6.36. The van der Waals surface area contributed by atoms with Crippen LogP contribution in [0.2, 0.25) is 0 Å². The zero-order valence-electron chi connectivity index (χ0n) is 11.8. The van der Waals surface area contributed by atoms with Crippen LogP contribution in [0.1, 0.15) is 39.5 Å². The molecule has 1 atom stereocenters. The molecule has 18 heavy (non-hydrogen) atoms. The Labute approximate surface area is 110 Å². The number of carbonyl (C=O) groups is 1. The molecule has 104 valence electrons. The van der Waals surface area contributed by atoms with Gasteiger partial charge in [-0.1, -0.05) is 13.8 Å². The average molecular weight is 254 g/mol. The van der Waals surface area contributed by atoms with Gasteiger partial charge in [0.1, 0.15) is 5.54 Å². The summed E-state index contributed by atoms with van der Waals surface area (Å²) in [6, 6.07) is 0.638. The van der Waals surface area contributed by atoms with Gasteiger partial charge in [0, 0.05) is 19.1 Å². The smallest absolute Gasteiger partial charge is 0.327 e. The van der Waals surface area contributed by atoms with Crippen LogP contribution in [0.5, 0.6) is 0 Å². The average Bonchev–Trinajstić information content (AvgIpc) is 3.19. The fraction of sp³-hybridized carbons (Fsp3) is 0.929. The van der Waals surface area contributed by atoms with Gasteiger partial charge in [-0.25, -0.2) is 0 Å². The Bertz CT molecular complexity index is 311. The summed E-state index contributed by atoms with van der Waals surface area (Å²) < 4.78 is 4.93. The predicted octanol–water partition coefficient (Wildman–Crippen LogP) is 1.39. The van der Waals surface area contributed by atoms with E-state index in [9.17, 15) is 4.79 Å². The van der Waals surface area contributed by atoms with Gasteiger partial charge in [0.2, 0.25) is 0 Å². The summed E-state index contributed by atoms with van der Waals surface area (Å²) in [6.07, 6.45) is 4.61. The van der Waals surface area contributed by atoms with Gasteiger partial charge < -0.3 is 10.5 Å². The van der Waals surface area contributed by atoms with Gasteiger partial charge in [0.05, 0.1) is 7.11 Å². The highest BCUT2D eigenvalue weighted by Gasteiger charge is 2.51. The molecule has 4 heteroatoms. The monoisotopic (exact) mass is 254 g/mol. The summed E-state index contributed by atoms with van der Waals surface area (Å²) in [5.41, 5.74) is 5.60. The molecule has 2 saturated carbocycles. The van der Waals surface area contributed by atoms with Gasteiger partial charge in [0.25, 0.3) is 0 Å². The molecule has 2 aliphatic rings. The number of nitrogens with two attached hydrogens (primary N) is 1. The van der Waals surface area contributed by atoms with E-state index in [0.29, 0.717) is 24.4 Å². The first-order chi connectivity index (χ1) is 8.47. The second-order valence-corrected chi connectivity index (χ2v) is 6.36. The Kier molecular flexibility index (Phi) is 3.97. The van der Waals surface area contributed by atoms with Crippen molar-refractivity contribution in [1.29, 1.82) is 0 Å². The van der Waals surface area contributed by atoms with Crippen molar-refractivity contribution in [2.75, 3.05) is 20.2 Å². The lowest BCUT2D eigenvalue weighted by Crippen LogP contribution is -2.59. The molecule has 0 aromatic heterocycles. The predicted molar refractivity (Wildman–Crippen MR) is 71.1 cm³/mol. The van der Waals surface area contributed by atoms with Crippen LogP contribution in [0.4, 0.5) is 0 Å². The lowest BCUT2D eigenvalue weighted by molar-refractivity contribution is -0.149. The maximum absolute atomic E-state index is 12.0. The van der Waals surface area contributed by atoms with E-state index in [1.165, 1.54) is 20.0 Å². The molecule has 0 aliphatic heterocycles. The SMILES string of the molecule is COC(=O)C(N)(CN(CC(C)C)C1CC1)C1CC1. The van der Waals surface area contributed by atoms with Crippen LogP contribution in [0.15, 0.2) is 0 Å². The normalized spacial score (nSPS) is 23.2. The van der Waals surface area contributed by atoms with Crippen LogP contribution in [0, 0.1) is 11.8 Å². The third kappa shape index (κ3) is 3.04. The molecule has 0 aromatic carbocycles. The van der Waals surface area contributed by atoms with Crippen LogP contribution in [-0.2, 0) is 9.53 Å². The summed E-state index contributed by atoms with van der Waals surface area (Å²) in [6.45, 7) is 6.10. The van der Waals surface area contributed by atoms with Crippen LogP contribution in [-0.4, -0.2) is 42.6 Å². The van der Waals surface area contributed by atoms with Crippen LogP contribution >= 0.6 is 0 Å². The number of ether oxygens (including phenoxy) is 1. The Morgan fingerprint density at radius 3 is 2.39 bits per heavy atom. The van der Waals surface area contributed by atoms with Crippen molar-refractivity contribution in [3.8, 4) is 0 Å². The van der Waals surface area contributed by atoms with Crippen molar-refractivity contribution in [2.45, 2.75) is 51.1 Å². The molecule has 0 saturated heterocycles. The van der Waals surface area contributed by atoms with Crippen molar-refractivity contribution in [3.63, 3.8) is 0 Å². The van der Waals surface area contributed by atoms with E-state index < -0.39 is 5.54 Å². The van der Waals surface area contributed by atoms with E-state index in [1.807, 2.05) is 0 Å². The summed E-state index contributed by atoms with van der Waals surface area (Å²) in [5.74, 6) is 0.685. The number of carbonyl (C=O) groups excluding carboxylic acids is 1. The number of rotatable bonds is 7. The Morgan fingerprint density at radius 1 is 1.39 bits per heavy atom. The Hall–Kier alpha value is -0.610. The van der Waals surface area contributed by atoms with Crippen molar-refractivity contribution >= 4 is 5.97 Å². The third-order valence-electron chi connectivity index (χ3n) is 4.00. The van der Waals surface area contributed by atoms with E-state index >= 15 is 0 Å². The van der Waals surface area contributed by atoms with Gasteiger partial charge in [0.15, 0.2) is 0 Å². The van der Waals surface area contributed by atoms with Crippen LogP contribution < -0.4 is 5.73 Å². The largest absolute Gasteiger partial charge is 0.468 e. The van der Waals surface area contributed by atoms with Gasteiger partial charge >= 0.3 is 5.97 Å². The first-order valence-electron chi connectivity index (χ1n) is 7.08. The van der Waals surface area contributed by atoms with E-state index in [4.69, 9.17) is 10.5 Å². The standard InChI is InChI=1S/C14H26N2O2/c1-10(2)8-16(12-6-7-12)9-14(15,11-4-5-11)13(17)18-3/h10-12H,4-9,15H2,1-3H3. The zero-order valence-corrected chi connectivity index (χ0v) is 11.8. The maximum Gasteiger partial charge on any atom is 0.327 e. The molecule has 2 aliphatic carbocycles. The summed E-state index contributed by atoms with van der Waals surface area (Å²) in [7, 11) is 1.44. The maximum atomic E-state index is 12.0. The van der Waals surface area contributed by atoms with E-state index in [0.717, 1.165) is 19.4 Å². The molecule has 2 rings (SSSR count). The van der Waals surface area contributed by atoms with Gasteiger partial charge in [-0.2, -0.15) is 0 Å². The molecule has 1 unspecified atom stereocenters. The van der Waals surface area contributed by atoms with Gasteiger partial charge in [-0.05, 0) is 37.5 Å². The van der Waals surface area contributed by atoms with Crippen LogP contribution in [0.3, 0.4) is 0 Å². The molecule has 0 amide bonds. The highest BCUT2D eigenvalue weighted by Crippen LogP contribution is 2.41. The minimum absolute atomic E-state index is 0.237. The van der Waals surface area contributed by atoms with Gasteiger partial charge in [-0.3, -0.25) is 9.69 Å².